The van der Waals surface area contributed by atoms with Gasteiger partial charge in [-0.1, -0.05) is 23.7 Å². The second-order valence-electron chi connectivity index (χ2n) is 3.44. The Kier molecular flexibility index (Phi) is 5.54. The van der Waals surface area contributed by atoms with Gasteiger partial charge in [0.1, 0.15) is 0 Å². The van der Waals surface area contributed by atoms with E-state index in [1.807, 2.05) is 6.07 Å². The third-order valence-electron chi connectivity index (χ3n) is 2.02. The molecule has 0 spiro atoms. The van der Waals surface area contributed by atoms with Crippen LogP contribution in [-0.4, -0.2) is 16.4 Å². The lowest BCUT2D eigenvalue weighted by Gasteiger charge is -2.12. The minimum Gasteiger partial charge on any atom is -0.325 e. The number of hydrogen-bond donors (Lipinski definition) is 2. The van der Waals surface area contributed by atoms with Crippen LogP contribution in [0.1, 0.15) is 5.56 Å². The summed E-state index contributed by atoms with van der Waals surface area (Å²) >= 11 is 10.0. The zero-order valence-electron chi connectivity index (χ0n) is 8.78. The zero-order valence-corrected chi connectivity index (χ0v) is 11.3. The van der Waals surface area contributed by atoms with E-state index in [4.69, 9.17) is 26.6 Å². The van der Waals surface area contributed by atoms with Crippen molar-refractivity contribution >= 4 is 30.1 Å². The third-order valence-corrected chi connectivity index (χ3v) is 3.08. The Morgan fingerprint density at radius 1 is 1.41 bits per heavy atom. The van der Waals surface area contributed by atoms with Crippen LogP contribution < -0.4 is 0 Å². The van der Waals surface area contributed by atoms with E-state index in [-0.39, 0.29) is 6.61 Å². The summed E-state index contributed by atoms with van der Waals surface area (Å²) in [5.74, 6) is -0.474. The zero-order chi connectivity index (χ0) is 12.9. The summed E-state index contributed by atoms with van der Waals surface area (Å²) in [6, 6.07) is 9.10. The summed E-state index contributed by atoms with van der Waals surface area (Å²) in [5, 5.41) is 9.52. The van der Waals surface area contributed by atoms with Gasteiger partial charge in [0, 0.05) is 5.02 Å². The van der Waals surface area contributed by atoms with Crippen LogP contribution >= 0.6 is 18.3 Å². The summed E-state index contributed by atoms with van der Waals surface area (Å²) in [5.41, 5.74) is 0.925. The molecule has 0 aromatic heterocycles. The van der Waals surface area contributed by atoms with Crippen LogP contribution in [0.5, 0.6) is 0 Å². The summed E-state index contributed by atoms with van der Waals surface area (Å²) in [6.07, 6.45) is 0.447. The molecule has 0 heterocycles. The molecule has 0 aliphatic carbocycles. The number of halogens is 1. The predicted molar refractivity (Wildman–Crippen MR) is 68.9 cm³/mol. The molecule has 0 fully saturated rings. The highest BCUT2D eigenvalue weighted by atomic mass is 35.5. The highest BCUT2D eigenvalue weighted by molar-refractivity contribution is 8.06. The van der Waals surface area contributed by atoms with Gasteiger partial charge in [-0.25, -0.2) is 0 Å². The van der Waals surface area contributed by atoms with Crippen LogP contribution in [0.2, 0.25) is 5.02 Å². The third kappa shape index (κ3) is 6.13. The molecule has 0 bridgehead atoms. The molecule has 1 aromatic carbocycles. The van der Waals surface area contributed by atoms with Gasteiger partial charge in [-0.3, -0.25) is 0 Å². The first-order valence-electron chi connectivity index (χ1n) is 4.75. The van der Waals surface area contributed by atoms with Gasteiger partial charge in [0.25, 0.3) is 0 Å². The second kappa shape index (κ2) is 6.46. The number of rotatable bonds is 5. The maximum Gasteiger partial charge on any atom is 0.321 e. The van der Waals surface area contributed by atoms with Crippen molar-refractivity contribution in [2.45, 2.75) is 6.42 Å². The fourth-order valence-corrected chi connectivity index (χ4v) is 1.92. The fraction of sp³-hybridized carbons (Fsp3) is 0.300. The molecule has 7 heteroatoms. The Hall–Kier alpha value is -0.470. The summed E-state index contributed by atoms with van der Waals surface area (Å²) in [7, 11) is 0. The van der Waals surface area contributed by atoms with Gasteiger partial charge in [-0.05, 0) is 35.9 Å². The number of nitriles is 1. The molecule has 0 aliphatic rings. The van der Waals surface area contributed by atoms with Crippen molar-refractivity contribution in [3.05, 3.63) is 34.9 Å². The first-order chi connectivity index (χ1) is 7.90. The van der Waals surface area contributed by atoms with E-state index < -0.39 is 12.6 Å². The van der Waals surface area contributed by atoms with E-state index in [0.29, 0.717) is 11.4 Å². The Balaban J connectivity index is 2.56. The van der Waals surface area contributed by atoms with Gasteiger partial charge in [0.05, 0.1) is 18.6 Å². The first-order valence-corrected chi connectivity index (χ1v) is 7.75. The van der Waals surface area contributed by atoms with Gasteiger partial charge >= 0.3 is 6.72 Å². The van der Waals surface area contributed by atoms with Crippen LogP contribution in [-0.2, 0) is 22.8 Å². The molecular formula is C10H11ClNO3PS. The van der Waals surface area contributed by atoms with Crippen molar-refractivity contribution in [2.24, 2.45) is 5.92 Å². The quantitative estimate of drug-likeness (QED) is 0.814. The molecule has 0 radical (unpaired) electrons. The number of benzene rings is 1. The average molecular weight is 292 g/mol. The van der Waals surface area contributed by atoms with E-state index in [9.17, 15) is 0 Å². The lowest BCUT2D eigenvalue weighted by Crippen LogP contribution is -2.09. The topological polar surface area (TPSA) is 73.5 Å². The average Bonchev–Trinajstić information content (AvgIpc) is 2.25. The minimum atomic E-state index is -3.68. The standard InChI is InChI=1S/C10H11ClNO3PS/c11-10-3-1-8(2-4-10)5-9(6-12)7-15-16(13,14)17/h1-4,9H,5,7H2,(H2,13,14,17). The van der Waals surface area contributed by atoms with Gasteiger partial charge < -0.3 is 14.3 Å². The molecule has 4 nitrogen and oxygen atoms in total. The Morgan fingerprint density at radius 2 is 2.00 bits per heavy atom. The van der Waals surface area contributed by atoms with Crippen LogP contribution in [0.4, 0.5) is 0 Å². The summed E-state index contributed by atoms with van der Waals surface area (Å²) in [6.45, 7) is -3.78. The molecule has 1 aromatic rings. The molecule has 1 atom stereocenters. The Bertz CT molecular complexity index is 454. The summed E-state index contributed by atoms with van der Waals surface area (Å²) in [4.78, 5) is 17.8. The lowest BCUT2D eigenvalue weighted by molar-refractivity contribution is 0.228. The first kappa shape index (κ1) is 14.6. The normalized spacial score (nSPS) is 13.1. The Labute approximate surface area is 110 Å². The molecule has 1 rings (SSSR count). The van der Waals surface area contributed by atoms with E-state index in [0.717, 1.165) is 5.56 Å². The van der Waals surface area contributed by atoms with Gasteiger partial charge in [-0.15, -0.1) is 0 Å². The largest absolute Gasteiger partial charge is 0.325 e. The van der Waals surface area contributed by atoms with Crippen LogP contribution in [0, 0.1) is 17.2 Å². The van der Waals surface area contributed by atoms with E-state index >= 15 is 0 Å². The highest BCUT2D eigenvalue weighted by Gasteiger charge is 2.14. The SMILES string of the molecule is N#CC(COP(O)(O)=S)Cc1ccc(Cl)cc1. The Morgan fingerprint density at radius 3 is 2.47 bits per heavy atom. The van der Waals surface area contributed by atoms with Crippen LogP contribution in [0.3, 0.4) is 0 Å². The maximum atomic E-state index is 8.90. The van der Waals surface area contributed by atoms with Crippen molar-refractivity contribution in [1.29, 1.82) is 5.26 Å². The molecule has 0 saturated heterocycles. The lowest BCUT2D eigenvalue weighted by atomic mass is 10.0. The molecule has 92 valence electrons. The summed E-state index contributed by atoms with van der Waals surface area (Å²) < 4.78 is 4.67. The van der Waals surface area contributed by atoms with E-state index in [2.05, 4.69) is 16.3 Å². The van der Waals surface area contributed by atoms with Crippen molar-refractivity contribution in [3.63, 3.8) is 0 Å². The number of hydrogen-bond acceptors (Lipinski definition) is 3. The molecule has 2 N–H and O–H groups in total. The predicted octanol–water partition coefficient (Wildman–Crippen LogP) is 2.25. The van der Waals surface area contributed by atoms with Gasteiger partial charge in [0.2, 0.25) is 0 Å². The molecule has 0 saturated carbocycles. The second-order valence-corrected chi connectivity index (χ2v) is 6.55. The van der Waals surface area contributed by atoms with E-state index in [1.54, 1.807) is 24.3 Å². The van der Waals surface area contributed by atoms with Gasteiger partial charge in [0.15, 0.2) is 0 Å². The van der Waals surface area contributed by atoms with Crippen molar-refractivity contribution < 1.29 is 14.3 Å². The van der Waals surface area contributed by atoms with E-state index in [1.165, 1.54) is 0 Å². The van der Waals surface area contributed by atoms with Crippen molar-refractivity contribution in [2.75, 3.05) is 6.61 Å². The smallest absolute Gasteiger partial charge is 0.321 e. The van der Waals surface area contributed by atoms with Crippen molar-refractivity contribution in [1.82, 2.24) is 0 Å². The maximum absolute atomic E-state index is 8.90. The molecule has 1 unspecified atom stereocenters. The van der Waals surface area contributed by atoms with Crippen LogP contribution in [0.25, 0.3) is 0 Å². The molecule has 17 heavy (non-hydrogen) atoms. The van der Waals surface area contributed by atoms with Gasteiger partial charge in [-0.2, -0.15) is 5.26 Å². The molecule has 0 aliphatic heterocycles. The van der Waals surface area contributed by atoms with Crippen molar-refractivity contribution in [3.8, 4) is 6.07 Å². The monoisotopic (exact) mass is 291 g/mol. The minimum absolute atomic E-state index is 0.0938. The number of nitrogens with zero attached hydrogens (tertiary/aromatic N) is 1. The molecular weight excluding hydrogens is 281 g/mol. The molecule has 0 amide bonds. The fourth-order valence-electron chi connectivity index (χ4n) is 1.23. The highest BCUT2D eigenvalue weighted by Crippen LogP contribution is 2.36. The van der Waals surface area contributed by atoms with Crippen LogP contribution in [0.15, 0.2) is 24.3 Å².